The minimum Gasteiger partial charge on any atom is -0.480 e. The highest BCUT2D eigenvalue weighted by Crippen LogP contribution is 2.35. The summed E-state index contributed by atoms with van der Waals surface area (Å²) in [6.07, 6.45) is 1.59. The van der Waals surface area contributed by atoms with Crippen molar-refractivity contribution in [2.75, 3.05) is 44.9 Å². The third-order valence-electron chi connectivity index (χ3n) is 8.38. The number of carboxylic acids is 1. The summed E-state index contributed by atoms with van der Waals surface area (Å²) in [6, 6.07) is 17.5. The Hall–Kier alpha value is -5.49. The highest BCUT2D eigenvalue weighted by Gasteiger charge is 2.41. The van der Waals surface area contributed by atoms with Crippen LogP contribution < -0.4 is 25.6 Å². The maximum atomic E-state index is 13.0. The Morgan fingerprint density at radius 2 is 1.43 bits per heavy atom. The van der Waals surface area contributed by atoms with Crippen LogP contribution in [0.5, 0.6) is 0 Å². The summed E-state index contributed by atoms with van der Waals surface area (Å²) in [5, 5.41) is 30.5. The average Bonchev–Trinajstić information content (AvgIpc) is 3.73. The fourth-order valence-corrected chi connectivity index (χ4v) is 7.22. The van der Waals surface area contributed by atoms with Gasteiger partial charge in [-0.1, -0.05) is 43.3 Å². The first kappa shape index (κ1) is 41.9. The van der Waals surface area contributed by atoms with E-state index >= 15 is 0 Å². The SMILES string of the molecule is CCN1c2ccccc2CC1C(=O)O.CCc1nnc(C)cc1NC(=O)C1Cc2ccccc2N1S(=O)(=O)CC.CNc1nnc(C)cc1N.O=S=O. The highest BCUT2D eigenvalue weighted by atomic mass is 32.2. The first-order chi connectivity index (χ1) is 25.3. The zero-order valence-electron chi connectivity index (χ0n) is 30.4. The number of amides is 1. The maximum absolute atomic E-state index is 13.0. The number of sulfonamides is 1. The summed E-state index contributed by atoms with van der Waals surface area (Å²) in [5.41, 5.74) is 12.6. The molecule has 0 bridgehead atoms. The Morgan fingerprint density at radius 3 is 1.98 bits per heavy atom. The number of nitrogens with one attached hydrogen (secondary N) is 2. The lowest BCUT2D eigenvalue weighted by Crippen LogP contribution is -2.46. The van der Waals surface area contributed by atoms with Crippen molar-refractivity contribution in [3.63, 3.8) is 0 Å². The number of nitrogen functional groups attached to an aromatic ring is 1. The second-order valence-corrected chi connectivity index (χ2v) is 14.1. The Balaban J connectivity index is 0.000000233. The molecule has 53 heavy (non-hydrogen) atoms. The fraction of sp³-hybridized carbons (Fsp3) is 0.371. The van der Waals surface area contributed by atoms with Crippen molar-refractivity contribution < 1.29 is 31.5 Å². The molecule has 2 aromatic carbocycles. The molecule has 0 saturated heterocycles. The molecule has 0 saturated carbocycles. The second kappa shape index (κ2) is 19.4. The number of para-hydroxylation sites is 2. The second-order valence-electron chi connectivity index (χ2n) is 11.8. The van der Waals surface area contributed by atoms with Gasteiger partial charge >= 0.3 is 17.5 Å². The van der Waals surface area contributed by atoms with Gasteiger partial charge in [-0.15, -0.1) is 5.10 Å². The van der Waals surface area contributed by atoms with Crippen molar-refractivity contribution >= 4 is 62.0 Å². The van der Waals surface area contributed by atoms with E-state index in [2.05, 4.69) is 31.0 Å². The van der Waals surface area contributed by atoms with E-state index in [0.29, 0.717) is 53.5 Å². The Bertz CT molecular complexity index is 2040. The van der Waals surface area contributed by atoms with Crippen LogP contribution in [0.1, 0.15) is 49.0 Å². The van der Waals surface area contributed by atoms with E-state index in [1.807, 2.05) is 62.1 Å². The summed E-state index contributed by atoms with van der Waals surface area (Å²) in [6.45, 7) is 9.88. The number of nitrogens with two attached hydrogens (primary N) is 1. The van der Waals surface area contributed by atoms with Gasteiger partial charge in [-0.25, -0.2) is 13.2 Å². The van der Waals surface area contributed by atoms with Crippen molar-refractivity contribution in [1.82, 2.24) is 20.4 Å². The molecule has 4 aromatic rings. The van der Waals surface area contributed by atoms with Crippen LogP contribution in [0.4, 0.5) is 28.6 Å². The molecule has 2 aliphatic heterocycles. The molecule has 6 rings (SSSR count). The van der Waals surface area contributed by atoms with Gasteiger partial charge in [-0.2, -0.15) is 23.7 Å². The molecular formula is C35H45N9O7S2. The number of aryl methyl sites for hydroxylation is 3. The van der Waals surface area contributed by atoms with Crippen molar-refractivity contribution in [2.24, 2.45) is 0 Å². The van der Waals surface area contributed by atoms with Gasteiger partial charge in [0.2, 0.25) is 15.9 Å². The lowest BCUT2D eigenvalue weighted by Gasteiger charge is -2.26. The number of aromatic nitrogens is 4. The summed E-state index contributed by atoms with van der Waals surface area (Å²) < 4.78 is 43.1. The van der Waals surface area contributed by atoms with Gasteiger partial charge in [0.25, 0.3) is 0 Å². The molecular weight excluding hydrogens is 723 g/mol. The van der Waals surface area contributed by atoms with Gasteiger partial charge in [0.05, 0.1) is 39.9 Å². The molecule has 2 atom stereocenters. The van der Waals surface area contributed by atoms with Crippen LogP contribution in [-0.4, -0.2) is 85.6 Å². The number of fused-ring (bicyclic) bond motifs is 2. The van der Waals surface area contributed by atoms with E-state index in [0.717, 1.165) is 29.1 Å². The van der Waals surface area contributed by atoms with Crippen LogP contribution in [0.25, 0.3) is 0 Å². The number of hydrogen-bond acceptors (Lipinski definition) is 13. The number of hydrogen-bond donors (Lipinski definition) is 4. The number of carboxylic acid groups (broad SMARTS) is 1. The van der Waals surface area contributed by atoms with Crippen molar-refractivity contribution in [2.45, 2.75) is 66.0 Å². The molecule has 1 amide bonds. The van der Waals surface area contributed by atoms with E-state index < -0.39 is 33.6 Å². The topological polar surface area (TPSA) is 231 Å². The molecule has 16 nitrogen and oxygen atoms in total. The molecule has 0 aliphatic carbocycles. The molecule has 4 heterocycles. The van der Waals surface area contributed by atoms with Crippen molar-refractivity contribution in [1.29, 1.82) is 0 Å². The van der Waals surface area contributed by atoms with Gasteiger partial charge in [0.15, 0.2) is 5.82 Å². The van der Waals surface area contributed by atoms with Gasteiger partial charge in [-0.3, -0.25) is 9.10 Å². The van der Waals surface area contributed by atoms with Crippen LogP contribution in [0, 0.1) is 13.8 Å². The highest BCUT2D eigenvalue weighted by molar-refractivity contribution is 7.92. The van der Waals surface area contributed by atoms with Crippen molar-refractivity contribution in [3.8, 4) is 0 Å². The Kier molecular flexibility index (Phi) is 15.3. The van der Waals surface area contributed by atoms with E-state index in [9.17, 15) is 18.0 Å². The molecule has 0 fully saturated rings. The summed E-state index contributed by atoms with van der Waals surface area (Å²) >= 11 is -0.750. The third-order valence-corrected chi connectivity index (χ3v) is 10.2. The van der Waals surface area contributed by atoms with E-state index in [1.165, 1.54) is 4.31 Å². The van der Waals surface area contributed by atoms with Gasteiger partial charge < -0.3 is 26.4 Å². The van der Waals surface area contributed by atoms with Crippen molar-refractivity contribution in [3.05, 3.63) is 88.9 Å². The number of carbonyl (C=O) groups is 2. The molecule has 0 spiro atoms. The minimum atomic E-state index is -3.58. The lowest BCUT2D eigenvalue weighted by atomic mass is 10.1. The number of rotatable bonds is 8. The Morgan fingerprint density at radius 1 is 0.887 bits per heavy atom. The van der Waals surface area contributed by atoms with Gasteiger partial charge in [-0.05, 0) is 69.5 Å². The van der Waals surface area contributed by atoms with Crippen LogP contribution in [0.3, 0.4) is 0 Å². The quantitative estimate of drug-likeness (QED) is 0.202. The number of aliphatic carboxylic acids is 1. The smallest absolute Gasteiger partial charge is 0.335 e. The van der Waals surface area contributed by atoms with Crippen LogP contribution in [-0.2, 0) is 50.4 Å². The largest absolute Gasteiger partial charge is 0.480 e. The normalized spacial score (nSPS) is 15.2. The maximum Gasteiger partial charge on any atom is 0.335 e. The molecule has 2 unspecified atom stereocenters. The zero-order valence-corrected chi connectivity index (χ0v) is 32.1. The fourth-order valence-electron chi connectivity index (χ4n) is 5.90. The van der Waals surface area contributed by atoms with Gasteiger partial charge in [0.1, 0.15) is 12.1 Å². The molecule has 18 heteroatoms. The Labute approximate surface area is 312 Å². The van der Waals surface area contributed by atoms with E-state index in [1.54, 1.807) is 45.2 Å². The van der Waals surface area contributed by atoms with E-state index in [-0.39, 0.29) is 17.7 Å². The number of nitrogens with zero attached hydrogens (tertiary/aromatic N) is 6. The zero-order chi connectivity index (χ0) is 39.3. The standard InChI is InChI=1S/C18H22N4O3S.C11H13NO2.C6H10N4.O2S/c1-4-14-15(10-12(3)20-21-14)19-18(23)17-11-13-8-6-7-9-16(13)22(17)26(24,25)5-2;1-2-12-9-6-4-3-5-8(9)7-10(12)11(13)14;1-4-3-5(7)6(8-2)10-9-4;1-3-2/h6-10,17H,4-5,11H2,1-3H3,(H,19,20,23);3-6,10H,2,7H2,1H3,(H,13,14);3H,1-2H3,(H2,7,9)(H,8,10);. The molecule has 284 valence electrons. The van der Waals surface area contributed by atoms with Crippen LogP contribution >= 0.6 is 0 Å². The molecule has 2 aliphatic rings. The molecule has 2 aromatic heterocycles. The number of benzene rings is 2. The predicted octanol–water partition coefficient (Wildman–Crippen LogP) is 3.33. The molecule has 0 radical (unpaired) electrons. The first-order valence-electron chi connectivity index (χ1n) is 16.8. The lowest BCUT2D eigenvalue weighted by molar-refractivity contribution is -0.138. The number of carbonyl (C=O) groups excluding carboxylic acids is 1. The molecule has 5 N–H and O–H groups in total. The van der Waals surface area contributed by atoms with E-state index in [4.69, 9.17) is 19.3 Å². The van der Waals surface area contributed by atoms with Crippen LogP contribution in [0.2, 0.25) is 0 Å². The van der Waals surface area contributed by atoms with Gasteiger partial charge in [0, 0.05) is 32.1 Å². The minimum absolute atomic E-state index is 0.0682. The number of anilines is 5. The van der Waals surface area contributed by atoms with Crippen LogP contribution in [0.15, 0.2) is 60.7 Å². The summed E-state index contributed by atoms with van der Waals surface area (Å²) in [4.78, 5) is 25.9. The average molecular weight is 768 g/mol. The summed E-state index contributed by atoms with van der Waals surface area (Å²) in [5.74, 6) is -0.532. The number of likely N-dealkylation sites (N-methyl/N-ethyl adjacent to an activating group) is 1. The first-order valence-corrected chi connectivity index (χ1v) is 19.0. The monoisotopic (exact) mass is 767 g/mol. The summed E-state index contributed by atoms with van der Waals surface area (Å²) in [7, 11) is -1.82. The third kappa shape index (κ3) is 10.5. The predicted molar refractivity (Wildman–Crippen MR) is 205 cm³/mol.